The van der Waals surface area contributed by atoms with Gasteiger partial charge in [-0.05, 0) is 38.1 Å². The van der Waals surface area contributed by atoms with Crippen molar-refractivity contribution in [3.8, 4) is 11.6 Å². The zero-order valence-electron chi connectivity index (χ0n) is 13.4. The van der Waals surface area contributed by atoms with Crippen LogP contribution in [0.1, 0.15) is 11.5 Å². The molecule has 9 heteroatoms. The van der Waals surface area contributed by atoms with Gasteiger partial charge in [-0.1, -0.05) is 11.6 Å². The van der Waals surface area contributed by atoms with Gasteiger partial charge in [0, 0.05) is 16.8 Å². The molecule has 126 valence electrons. The Morgan fingerprint density at radius 2 is 1.84 bits per heavy atom. The minimum Gasteiger partial charge on any atom is -0.290 e. The standard InChI is InChI=1S/C16H13ClN6O2/c1-8-14-12(7-13(24)22(8)16-18-9(2)19-20-16)21-23(15(14)25)11-5-3-10(17)4-6-11/h3-7,21H,1-2H3,(H,18,19,20). The fourth-order valence-electron chi connectivity index (χ4n) is 2.82. The molecule has 3 aromatic heterocycles. The van der Waals surface area contributed by atoms with Gasteiger partial charge in [-0.25, -0.2) is 9.25 Å². The lowest BCUT2D eigenvalue weighted by atomic mass is 10.2. The fourth-order valence-corrected chi connectivity index (χ4v) is 2.95. The number of nitrogens with zero attached hydrogens (tertiary/aromatic N) is 4. The Hall–Kier alpha value is -3.13. The van der Waals surface area contributed by atoms with Crippen LogP contribution in [0.3, 0.4) is 0 Å². The maximum atomic E-state index is 12.9. The molecule has 0 bridgehead atoms. The van der Waals surface area contributed by atoms with Gasteiger partial charge in [0.1, 0.15) is 5.82 Å². The minimum absolute atomic E-state index is 0.209. The van der Waals surface area contributed by atoms with E-state index in [4.69, 9.17) is 11.6 Å². The van der Waals surface area contributed by atoms with Crippen LogP contribution in [0.4, 0.5) is 0 Å². The lowest BCUT2D eigenvalue weighted by Gasteiger charge is -2.04. The Kier molecular flexibility index (Phi) is 3.36. The molecule has 0 aliphatic heterocycles. The first-order valence-corrected chi connectivity index (χ1v) is 7.86. The van der Waals surface area contributed by atoms with E-state index in [1.165, 1.54) is 15.3 Å². The smallest absolute Gasteiger partial charge is 0.280 e. The van der Waals surface area contributed by atoms with E-state index in [9.17, 15) is 9.59 Å². The molecule has 4 aromatic rings. The lowest BCUT2D eigenvalue weighted by molar-refractivity contribution is 0.863. The van der Waals surface area contributed by atoms with Crippen LogP contribution >= 0.6 is 11.6 Å². The Morgan fingerprint density at radius 3 is 2.48 bits per heavy atom. The minimum atomic E-state index is -0.325. The Bertz CT molecular complexity index is 1210. The number of hydrogen-bond donors (Lipinski definition) is 2. The van der Waals surface area contributed by atoms with Crippen LogP contribution in [-0.2, 0) is 0 Å². The molecule has 0 unspecified atom stereocenters. The summed E-state index contributed by atoms with van der Waals surface area (Å²) in [5, 5.41) is 10.6. The quantitative estimate of drug-likeness (QED) is 0.572. The summed E-state index contributed by atoms with van der Waals surface area (Å²) >= 11 is 5.90. The lowest BCUT2D eigenvalue weighted by Crippen LogP contribution is -2.22. The topological polar surface area (TPSA) is 101 Å². The summed E-state index contributed by atoms with van der Waals surface area (Å²) in [6, 6.07) is 8.19. The second-order valence-corrected chi connectivity index (χ2v) is 6.08. The Labute approximate surface area is 145 Å². The molecule has 0 spiro atoms. The summed E-state index contributed by atoms with van der Waals surface area (Å²) in [7, 11) is 0. The number of aromatic amines is 2. The largest absolute Gasteiger partial charge is 0.290 e. The molecule has 25 heavy (non-hydrogen) atoms. The van der Waals surface area contributed by atoms with Crippen LogP contribution in [0.5, 0.6) is 0 Å². The van der Waals surface area contributed by atoms with Crippen LogP contribution in [0.25, 0.3) is 22.5 Å². The molecule has 4 rings (SSSR count). The van der Waals surface area contributed by atoms with Crippen molar-refractivity contribution in [3.05, 3.63) is 67.6 Å². The van der Waals surface area contributed by atoms with Crippen molar-refractivity contribution in [1.29, 1.82) is 0 Å². The first kappa shape index (κ1) is 15.4. The average Bonchev–Trinajstić information content (AvgIpc) is 3.12. The highest BCUT2D eigenvalue weighted by atomic mass is 35.5. The molecule has 0 aliphatic rings. The maximum absolute atomic E-state index is 12.9. The summed E-state index contributed by atoms with van der Waals surface area (Å²) < 4.78 is 2.69. The third kappa shape index (κ3) is 2.38. The molecule has 1 aromatic carbocycles. The van der Waals surface area contributed by atoms with Crippen LogP contribution < -0.4 is 11.1 Å². The third-order valence-corrected chi connectivity index (χ3v) is 4.23. The van der Waals surface area contributed by atoms with Crippen molar-refractivity contribution < 1.29 is 0 Å². The molecule has 0 atom stereocenters. The van der Waals surface area contributed by atoms with E-state index in [0.29, 0.717) is 33.1 Å². The first-order valence-electron chi connectivity index (χ1n) is 7.48. The van der Waals surface area contributed by atoms with Crippen LogP contribution in [0.15, 0.2) is 39.9 Å². The molecule has 3 heterocycles. The zero-order chi connectivity index (χ0) is 17.7. The molecule has 8 nitrogen and oxygen atoms in total. The summed E-state index contributed by atoms with van der Waals surface area (Å²) in [5.74, 6) is 0.787. The number of pyridine rings is 1. The second kappa shape index (κ2) is 5.45. The second-order valence-electron chi connectivity index (χ2n) is 5.64. The number of H-pyrrole nitrogens is 2. The van der Waals surface area contributed by atoms with Crippen molar-refractivity contribution in [3.63, 3.8) is 0 Å². The fraction of sp³-hybridized carbons (Fsp3) is 0.125. The van der Waals surface area contributed by atoms with E-state index in [0.717, 1.165) is 0 Å². The van der Waals surface area contributed by atoms with Gasteiger partial charge < -0.3 is 0 Å². The molecule has 2 N–H and O–H groups in total. The number of aromatic nitrogens is 6. The number of hydrogen-bond acceptors (Lipinski definition) is 4. The SMILES string of the molecule is Cc1nc(-n2c(C)c3c(=O)n(-c4ccc(Cl)cc4)[nH]c3cc2=O)n[nH]1. The highest BCUT2D eigenvalue weighted by molar-refractivity contribution is 6.30. The van der Waals surface area contributed by atoms with Crippen molar-refractivity contribution in [2.24, 2.45) is 0 Å². The van der Waals surface area contributed by atoms with Crippen molar-refractivity contribution in [2.75, 3.05) is 0 Å². The van der Waals surface area contributed by atoms with Crippen LogP contribution in [-0.4, -0.2) is 29.5 Å². The molecular weight excluding hydrogens is 344 g/mol. The van der Waals surface area contributed by atoms with Gasteiger partial charge in [-0.2, -0.15) is 4.98 Å². The van der Waals surface area contributed by atoms with Crippen molar-refractivity contribution in [2.45, 2.75) is 13.8 Å². The van der Waals surface area contributed by atoms with E-state index in [2.05, 4.69) is 20.3 Å². The summed E-state index contributed by atoms with van der Waals surface area (Å²) in [6.07, 6.45) is 0. The van der Waals surface area contributed by atoms with Gasteiger partial charge in [0.15, 0.2) is 0 Å². The molecule has 0 saturated heterocycles. The highest BCUT2D eigenvalue weighted by Gasteiger charge is 2.17. The Balaban J connectivity index is 2.02. The van der Waals surface area contributed by atoms with Crippen LogP contribution in [0.2, 0.25) is 5.02 Å². The molecule has 0 radical (unpaired) electrons. The summed E-state index contributed by atoms with van der Waals surface area (Å²) in [4.78, 5) is 29.5. The molecule has 0 fully saturated rings. The predicted molar refractivity (Wildman–Crippen MR) is 93.9 cm³/mol. The van der Waals surface area contributed by atoms with Crippen molar-refractivity contribution >= 4 is 22.5 Å². The number of halogens is 1. The van der Waals surface area contributed by atoms with E-state index < -0.39 is 0 Å². The first-order chi connectivity index (χ1) is 12.0. The van der Waals surface area contributed by atoms with E-state index in [1.54, 1.807) is 38.1 Å². The van der Waals surface area contributed by atoms with Gasteiger partial charge in [0.05, 0.1) is 16.6 Å². The van der Waals surface area contributed by atoms with E-state index in [1.807, 2.05) is 0 Å². The monoisotopic (exact) mass is 356 g/mol. The maximum Gasteiger partial charge on any atom is 0.280 e. The molecular formula is C16H13ClN6O2. The van der Waals surface area contributed by atoms with Crippen LogP contribution in [0, 0.1) is 13.8 Å². The number of fused-ring (bicyclic) bond motifs is 1. The zero-order valence-corrected chi connectivity index (χ0v) is 14.1. The highest BCUT2D eigenvalue weighted by Crippen LogP contribution is 2.16. The third-order valence-electron chi connectivity index (χ3n) is 3.97. The van der Waals surface area contributed by atoms with Gasteiger partial charge in [0.25, 0.3) is 17.1 Å². The molecule has 0 saturated carbocycles. The predicted octanol–water partition coefficient (Wildman–Crippen LogP) is 1.86. The van der Waals surface area contributed by atoms with Gasteiger partial charge in [-0.15, -0.1) is 5.10 Å². The number of rotatable bonds is 2. The van der Waals surface area contributed by atoms with E-state index in [-0.39, 0.29) is 17.1 Å². The normalized spacial score (nSPS) is 11.3. The Morgan fingerprint density at radius 1 is 1.12 bits per heavy atom. The number of aryl methyl sites for hydroxylation is 2. The van der Waals surface area contributed by atoms with Gasteiger partial charge in [-0.3, -0.25) is 19.8 Å². The van der Waals surface area contributed by atoms with Gasteiger partial charge in [0.2, 0.25) is 0 Å². The summed E-state index contributed by atoms with van der Waals surface area (Å²) in [5.41, 5.74) is 0.948. The molecule has 0 amide bonds. The van der Waals surface area contributed by atoms with E-state index >= 15 is 0 Å². The number of nitrogens with one attached hydrogen (secondary N) is 2. The average molecular weight is 357 g/mol. The number of benzene rings is 1. The van der Waals surface area contributed by atoms with Gasteiger partial charge >= 0.3 is 0 Å². The summed E-state index contributed by atoms with van der Waals surface area (Å²) in [6.45, 7) is 3.43. The molecule has 0 aliphatic carbocycles. The van der Waals surface area contributed by atoms with Crippen molar-refractivity contribution in [1.82, 2.24) is 29.5 Å².